The standard InChI is InChI=1S/C18H22N4O2S/c1-6-12(7-2)22-8-9(3)13-16(22)19-10(4)14(21-13)15-11(5)20-17(25-15)18(23)24/h8,12H,6-7H2,1-5H3,(H,23,24). The summed E-state index contributed by atoms with van der Waals surface area (Å²) in [5, 5.41) is 9.27. The molecule has 0 aliphatic heterocycles. The number of carboxylic acids is 1. The summed E-state index contributed by atoms with van der Waals surface area (Å²) >= 11 is 1.15. The molecular weight excluding hydrogens is 336 g/mol. The number of carbonyl (C=O) groups is 1. The van der Waals surface area contributed by atoms with Crippen LogP contribution in [0.25, 0.3) is 21.7 Å². The van der Waals surface area contributed by atoms with Crippen LogP contribution in [0.15, 0.2) is 6.20 Å². The second-order valence-corrected chi connectivity index (χ2v) is 7.26. The summed E-state index contributed by atoms with van der Waals surface area (Å²) in [6.45, 7) is 10.1. The maximum Gasteiger partial charge on any atom is 0.365 e. The van der Waals surface area contributed by atoms with Crippen molar-refractivity contribution < 1.29 is 9.90 Å². The monoisotopic (exact) mass is 358 g/mol. The van der Waals surface area contributed by atoms with Crippen molar-refractivity contribution in [3.63, 3.8) is 0 Å². The van der Waals surface area contributed by atoms with Crippen molar-refractivity contribution in [1.29, 1.82) is 0 Å². The van der Waals surface area contributed by atoms with E-state index in [-0.39, 0.29) is 5.01 Å². The maximum atomic E-state index is 11.2. The fourth-order valence-corrected chi connectivity index (χ4v) is 4.11. The van der Waals surface area contributed by atoms with Crippen LogP contribution >= 0.6 is 11.3 Å². The molecular formula is C18H22N4O2S. The molecule has 132 valence electrons. The number of nitrogens with zero attached hydrogens (tertiary/aromatic N) is 4. The molecule has 6 nitrogen and oxygen atoms in total. The van der Waals surface area contributed by atoms with Crippen molar-refractivity contribution in [3.8, 4) is 10.6 Å². The summed E-state index contributed by atoms with van der Waals surface area (Å²) in [6.07, 6.45) is 4.20. The van der Waals surface area contributed by atoms with Gasteiger partial charge >= 0.3 is 5.97 Å². The van der Waals surface area contributed by atoms with Gasteiger partial charge in [-0.05, 0) is 39.2 Å². The van der Waals surface area contributed by atoms with Gasteiger partial charge in [0, 0.05) is 12.2 Å². The van der Waals surface area contributed by atoms with Crippen LogP contribution in [0.2, 0.25) is 0 Å². The Kier molecular flexibility index (Phi) is 4.60. The molecule has 0 atom stereocenters. The summed E-state index contributed by atoms with van der Waals surface area (Å²) in [5.74, 6) is -1.01. The van der Waals surface area contributed by atoms with Gasteiger partial charge in [0.2, 0.25) is 5.01 Å². The van der Waals surface area contributed by atoms with Gasteiger partial charge in [0.1, 0.15) is 11.2 Å². The molecule has 25 heavy (non-hydrogen) atoms. The third kappa shape index (κ3) is 2.93. The first kappa shape index (κ1) is 17.5. The van der Waals surface area contributed by atoms with Crippen molar-refractivity contribution in [2.24, 2.45) is 0 Å². The van der Waals surface area contributed by atoms with E-state index in [1.165, 1.54) is 0 Å². The van der Waals surface area contributed by atoms with Gasteiger partial charge < -0.3 is 9.67 Å². The molecule has 3 rings (SSSR count). The molecule has 0 unspecified atom stereocenters. The summed E-state index contributed by atoms with van der Waals surface area (Å²) in [4.78, 5) is 25.8. The van der Waals surface area contributed by atoms with Crippen LogP contribution < -0.4 is 0 Å². The highest BCUT2D eigenvalue weighted by molar-refractivity contribution is 7.17. The Morgan fingerprint density at radius 2 is 1.84 bits per heavy atom. The molecule has 0 spiro atoms. The van der Waals surface area contributed by atoms with Crippen LogP contribution in [-0.4, -0.2) is 30.6 Å². The minimum atomic E-state index is -1.01. The van der Waals surface area contributed by atoms with Gasteiger partial charge in [0.15, 0.2) is 5.65 Å². The average molecular weight is 358 g/mol. The van der Waals surface area contributed by atoms with E-state index in [9.17, 15) is 9.90 Å². The zero-order valence-electron chi connectivity index (χ0n) is 15.1. The van der Waals surface area contributed by atoms with Crippen LogP contribution in [0.1, 0.15) is 59.5 Å². The molecule has 3 aromatic heterocycles. The first-order chi connectivity index (χ1) is 11.9. The number of thiazole rings is 1. The lowest BCUT2D eigenvalue weighted by Gasteiger charge is -2.16. The normalized spacial score (nSPS) is 11.6. The van der Waals surface area contributed by atoms with Gasteiger partial charge in [0.05, 0.1) is 16.3 Å². The second kappa shape index (κ2) is 6.55. The molecule has 3 aromatic rings. The van der Waals surface area contributed by atoms with Crippen LogP contribution in [0.5, 0.6) is 0 Å². The molecule has 7 heteroatoms. The number of carboxylic acid groups (broad SMARTS) is 1. The molecule has 0 amide bonds. The van der Waals surface area contributed by atoms with E-state index in [0.29, 0.717) is 11.7 Å². The molecule has 0 saturated heterocycles. The fourth-order valence-electron chi connectivity index (χ4n) is 3.17. The summed E-state index contributed by atoms with van der Waals surface area (Å²) in [6, 6.07) is 0.402. The lowest BCUT2D eigenvalue weighted by molar-refractivity contribution is 0.0696. The van der Waals surface area contributed by atoms with Crippen molar-refractivity contribution in [3.05, 3.63) is 28.2 Å². The van der Waals surface area contributed by atoms with Gasteiger partial charge in [-0.1, -0.05) is 13.8 Å². The Morgan fingerprint density at radius 3 is 2.40 bits per heavy atom. The van der Waals surface area contributed by atoms with Gasteiger partial charge in [-0.3, -0.25) is 0 Å². The summed E-state index contributed by atoms with van der Waals surface area (Å²) in [5.41, 5.74) is 5.04. The molecule has 0 aliphatic rings. The Hall–Kier alpha value is -2.28. The van der Waals surface area contributed by atoms with Gasteiger partial charge in [-0.15, -0.1) is 11.3 Å². The van der Waals surface area contributed by atoms with Crippen molar-refractivity contribution in [1.82, 2.24) is 19.5 Å². The van der Waals surface area contributed by atoms with Crippen molar-refractivity contribution >= 4 is 28.5 Å². The minimum absolute atomic E-state index is 0.0834. The van der Waals surface area contributed by atoms with Crippen LogP contribution in [-0.2, 0) is 0 Å². The quantitative estimate of drug-likeness (QED) is 0.724. The Balaban J connectivity index is 2.21. The largest absolute Gasteiger partial charge is 0.476 e. The summed E-state index contributed by atoms with van der Waals surface area (Å²) in [7, 11) is 0. The highest BCUT2D eigenvalue weighted by atomic mass is 32.1. The number of aromatic carboxylic acids is 1. The lowest BCUT2D eigenvalue weighted by Crippen LogP contribution is -2.07. The SMILES string of the molecule is CCC(CC)n1cc(C)c2nc(-c3sc(C(=O)O)nc3C)c(C)nc21. The molecule has 0 saturated carbocycles. The van der Waals surface area contributed by atoms with Gasteiger partial charge in [-0.2, -0.15) is 0 Å². The number of hydrogen-bond donors (Lipinski definition) is 1. The van der Waals surface area contributed by atoms with Crippen molar-refractivity contribution in [2.75, 3.05) is 0 Å². The zero-order chi connectivity index (χ0) is 18.3. The van der Waals surface area contributed by atoms with Crippen LogP contribution in [0, 0.1) is 20.8 Å². The molecule has 0 aliphatic carbocycles. The molecule has 1 N–H and O–H groups in total. The number of aryl methyl sites for hydroxylation is 3. The highest BCUT2D eigenvalue weighted by Gasteiger charge is 2.21. The lowest BCUT2D eigenvalue weighted by atomic mass is 10.2. The number of rotatable bonds is 5. The Bertz CT molecular complexity index is 954. The van der Waals surface area contributed by atoms with E-state index in [0.717, 1.165) is 57.2 Å². The van der Waals surface area contributed by atoms with Crippen LogP contribution in [0.4, 0.5) is 0 Å². The number of fused-ring (bicyclic) bond motifs is 1. The smallest absolute Gasteiger partial charge is 0.365 e. The van der Waals surface area contributed by atoms with Gasteiger partial charge in [-0.25, -0.2) is 19.7 Å². The van der Waals surface area contributed by atoms with Gasteiger partial charge in [0.25, 0.3) is 0 Å². The molecule has 0 aromatic carbocycles. The number of hydrogen-bond acceptors (Lipinski definition) is 5. The first-order valence-corrected chi connectivity index (χ1v) is 9.25. The van der Waals surface area contributed by atoms with E-state index >= 15 is 0 Å². The van der Waals surface area contributed by atoms with E-state index in [1.54, 1.807) is 0 Å². The Morgan fingerprint density at radius 1 is 1.16 bits per heavy atom. The Labute approximate surface area is 150 Å². The third-order valence-electron chi connectivity index (χ3n) is 4.53. The van der Waals surface area contributed by atoms with E-state index in [4.69, 9.17) is 9.97 Å². The maximum absolute atomic E-state index is 11.2. The highest BCUT2D eigenvalue weighted by Crippen LogP contribution is 2.33. The molecule has 0 fully saturated rings. The van der Waals surface area contributed by atoms with E-state index in [1.807, 2.05) is 20.8 Å². The van der Waals surface area contributed by atoms with E-state index < -0.39 is 5.97 Å². The molecule has 0 radical (unpaired) electrons. The summed E-state index contributed by atoms with van der Waals surface area (Å²) < 4.78 is 2.22. The predicted octanol–water partition coefficient (Wildman–Crippen LogP) is 4.54. The first-order valence-electron chi connectivity index (χ1n) is 8.44. The topological polar surface area (TPSA) is 80.9 Å². The molecule has 3 heterocycles. The second-order valence-electron chi connectivity index (χ2n) is 6.26. The average Bonchev–Trinajstić information content (AvgIpc) is 3.09. The number of aromatic nitrogens is 4. The minimum Gasteiger partial charge on any atom is -0.476 e. The zero-order valence-corrected chi connectivity index (χ0v) is 15.9. The van der Waals surface area contributed by atoms with Crippen molar-refractivity contribution in [2.45, 2.75) is 53.5 Å². The van der Waals surface area contributed by atoms with E-state index in [2.05, 4.69) is 29.6 Å². The molecule has 0 bridgehead atoms. The third-order valence-corrected chi connectivity index (χ3v) is 5.69. The predicted molar refractivity (Wildman–Crippen MR) is 99.4 cm³/mol. The van der Waals surface area contributed by atoms with Crippen LogP contribution in [0.3, 0.4) is 0 Å². The fraction of sp³-hybridized carbons (Fsp3) is 0.444.